The largest absolute Gasteiger partial charge is 0.507 e. The number of carbonyl (C=O) groups is 2. The van der Waals surface area contributed by atoms with Gasteiger partial charge in [-0.1, -0.05) is 24.3 Å². The third-order valence-corrected chi connectivity index (χ3v) is 12.2. The number of aromatic nitrogens is 4. The monoisotopic (exact) mass is 719 g/mol. The molecule has 6 heterocycles. The Morgan fingerprint density at radius 1 is 0.981 bits per heavy atom. The zero-order valence-corrected chi connectivity index (χ0v) is 29.5. The van der Waals surface area contributed by atoms with Crippen LogP contribution in [0.5, 0.6) is 11.5 Å². The van der Waals surface area contributed by atoms with Crippen molar-refractivity contribution in [2.75, 3.05) is 48.4 Å². The summed E-state index contributed by atoms with van der Waals surface area (Å²) in [6.07, 6.45) is 10.2. The Morgan fingerprint density at radius 2 is 1.83 bits per heavy atom. The van der Waals surface area contributed by atoms with Gasteiger partial charge >= 0.3 is 0 Å². The van der Waals surface area contributed by atoms with Crippen LogP contribution in [0.15, 0.2) is 60.9 Å². The molecule has 9 rings (SSSR count). The topological polar surface area (TPSA) is 175 Å². The summed E-state index contributed by atoms with van der Waals surface area (Å²) < 4.78 is 7.99. The molecule has 2 aromatic carbocycles. The maximum absolute atomic E-state index is 12.7. The molecular weight excluding hydrogens is 674 g/mol. The third-order valence-electron chi connectivity index (χ3n) is 12.2. The lowest BCUT2D eigenvalue weighted by Gasteiger charge is -2.60. The van der Waals surface area contributed by atoms with Crippen LogP contribution in [0.25, 0.3) is 16.9 Å². The second-order valence-electron chi connectivity index (χ2n) is 15.1. The maximum Gasteiger partial charge on any atom is 0.249 e. The molecule has 5 aliphatic rings. The standard InChI is InChI=1S/C39H45N9O5/c40-38-34(17-30(43-44-38)29-4-1-2-7-35(29)50)47-21-26(18-41-47)45-19-25-16-33(48(25)27(20-45)22-49)24-10-8-23(9-11-24)28-5-3-6-31-37(28)53-15-14-46(31)32-12-13-36(51)42-39(32)52/h1-7,17-18,21,23-25,27,32-33,49-50H,8-16,19-20,22H2,(H2,40,44)(H,42,51,52)/t23?,24?,25-,27-,32-,33-/m1/s1. The van der Waals surface area contributed by atoms with Crippen molar-refractivity contribution in [3.05, 3.63) is 66.5 Å². The highest BCUT2D eigenvalue weighted by Gasteiger charge is 2.50. The number of nitrogen functional groups attached to an aromatic ring is 1. The van der Waals surface area contributed by atoms with Crippen LogP contribution in [0.2, 0.25) is 0 Å². The number of aliphatic hydroxyl groups is 1. The van der Waals surface area contributed by atoms with Crippen LogP contribution >= 0.6 is 0 Å². The average molecular weight is 720 g/mol. The number of ether oxygens (including phenoxy) is 1. The van der Waals surface area contributed by atoms with E-state index < -0.39 is 0 Å². The Bertz CT molecular complexity index is 2030. The highest BCUT2D eigenvalue weighted by Crippen LogP contribution is 2.49. The van der Waals surface area contributed by atoms with E-state index in [1.165, 1.54) is 5.56 Å². The Kier molecular flexibility index (Phi) is 8.65. The van der Waals surface area contributed by atoms with Gasteiger partial charge in [0.25, 0.3) is 0 Å². The van der Waals surface area contributed by atoms with Crippen molar-refractivity contribution in [1.82, 2.24) is 30.2 Å². The van der Waals surface area contributed by atoms with Gasteiger partial charge in [0.05, 0.1) is 48.7 Å². The van der Waals surface area contributed by atoms with Crippen molar-refractivity contribution in [2.24, 2.45) is 5.92 Å². The van der Waals surface area contributed by atoms with Crippen molar-refractivity contribution < 1.29 is 24.5 Å². The molecule has 14 heteroatoms. The minimum atomic E-state index is -0.356. The van der Waals surface area contributed by atoms with Crippen molar-refractivity contribution in [3.63, 3.8) is 0 Å². The van der Waals surface area contributed by atoms with Gasteiger partial charge in [0.15, 0.2) is 5.82 Å². The number of nitrogens with two attached hydrogens (primary N) is 1. The summed E-state index contributed by atoms with van der Waals surface area (Å²) in [5.41, 5.74) is 11.0. The number of amides is 2. The van der Waals surface area contributed by atoms with E-state index in [4.69, 9.17) is 10.5 Å². The number of para-hydroxylation sites is 2. The molecule has 0 spiro atoms. The molecule has 3 saturated heterocycles. The number of nitrogens with one attached hydrogen (secondary N) is 1. The van der Waals surface area contributed by atoms with E-state index in [0.717, 1.165) is 55.8 Å². The number of aliphatic hydroxyl groups excluding tert-OH is 1. The van der Waals surface area contributed by atoms with Crippen molar-refractivity contribution >= 4 is 29.0 Å². The fourth-order valence-electron chi connectivity index (χ4n) is 9.61. The molecule has 4 fully saturated rings. The van der Waals surface area contributed by atoms with Crippen molar-refractivity contribution in [1.29, 1.82) is 0 Å². The first kappa shape index (κ1) is 33.6. The van der Waals surface area contributed by atoms with Gasteiger partial charge in [-0.05, 0) is 80.2 Å². The van der Waals surface area contributed by atoms with E-state index in [0.29, 0.717) is 73.4 Å². The molecule has 276 valence electrons. The Balaban J connectivity index is 0.848. The number of anilines is 3. The molecule has 2 amide bonds. The van der Waals surface area contributed by atoms with Crippen LogP contribution in [-0.2, 0) is 9.59 Å². The van der Waals surface area contributed by atoms with Crippen LogP contribution in [0.3, 0.4) is 0 Å². The van der Waals surface area contributed by atoms with Crippen molar-refractivity contribution in [2.45, 2.75) is 75.0 Å². The fourth-order valence-corrected chi connectivity index (χ4v) is 9.61. The number of carbonyl (C=O) groups excluding carboxylic acids is 2. The van der Waals surface area contributed by atoms with Crippen molar-refractivity contribution in [3.8, 4) is 28.4 Å². The molecule has 4 aliphatic heterocycles. The van der Waals surface area contributed by atoms with Crippen LogP contribution in [0.4, 0.5) is 17.2 Å². The molecular formula is C39H45N9O5. The number of rotatable bonds is 7. The summed E-state index contributed by atoms with van der Waals surface area (Å²) in [7, 11) is 0. The smallest absolute Gasteiger partial charge is 0.249 e. The number of piperazine rings is 1. The van der Waals surface area contributed by atoms with Gasteiger partial charge in [0, 0.05) is 37.2 Å². The Morgan fingerprint density at radius 3 is 2.64 bits per heavy atom. The lowest BCUT2D eigenvalue weighted by molar-refractivity contribution is -0.134. The molecule has 2 aromatic heterocycles. The van der Waals surface area contributed by atoms with Crippen LogP contribution < -0.4 is 25.6 Å². The van der Waals surface area contributed by atoms with Gasteiger partial charge < -0.3 is 30.5 Å². The number of hydrogen-bond acceptors (Lipinski definition) is 12. The maximum atomic E-state index is 12.7. The second kappa shape index (κ2) is 13.6. The molecule has 5 N–H and O–H groups in total. The lowest BCUT2D eigenvalue weighted by atomic mass is 9.70. The van der Waals surface area contributed by atoms with Gasteiger partial charge in [-0.3, -0.25) is 19.8 Å². The molecule has 1 saturated carbocycles. The summed E-state index contributed by atoms with van der Waals surface area (Å²) >= 11 is 0. The van der Waals surface area contributed by atoms with E-state index >= 15 is 0 Å². The first-order chi connectivity index (χ1) is 25.9. The van der Waals surface area contributed by atoms with Crippen LogP contribution in [0, 0.1) is 5.92 Å². The number of nitrogens with zero attached hydrogens (tertiary/aromatic N) is 7. The number of benzene rings is 2. The minimum Gasteiger partial charge on any atom is -0.507 e. The van der Waals surface area contributed by atoms with Gasteiger partial charge in [-0.25, -0.2) is 4.68 Å². The SMILES string of the molecule is Nc1nnc(-c2ccccc2O)cc1-n1cc(N2C[C@H]3C[C@H](C4CCC(c5cccc6c5OCCN6[C@@H]5CCC(=O)NC5=O)CC4)N3[C@@H](CO)C2)cn1. The van der Waals surface area contributed by atoms with E-state index in [1.807, 2.05) is 24.5 Å². The number of phenolic OH excluding ortho intramolecular Hbond substituents is 1. The highest BCUT2D eigenvalue weighted by molar-refractivity contribution is 6.02. The van der Waals surface area contributed by atoms with Gasteiger partial charge in [0.1, 0.15) is 29.8 Å². The molecule has 53 heavy (non-hydrogen) atoms. The first-order valence-corrected chi connectivity index (χ1v) is 18.8. The van der Waals surface area contributed by atoms with E-state index in [9.17, 15) is 19.8 Å². The second-order valence-corrected chi connectivity index (χ2v) is 15.1. The zero-order valence-electron chi connectivity index (χ0n) is 29.5. The summed E-state index contributed by atoms with van der Waals surface area (Å²) in [5, 5.41) is 36.4. The average Bonchev–Trinajstić information content (AvgIpc) is 3.66. The zero-order chi connectivity index (χ0) is 36.2. The summed E-state index contributed by atoms with van der Waals surface area (Å²) in [4.78, 5) is 31.6. The molecule has 4 aromatic rings. The van der Waals surface area contributed by atoms with Crippen LogP contribution in [-0.4, -0.2) is 104 Å². The Hall–Kier alpha value is -5.21. The normalized spacial score (nSPS) is 27.3. The number of fused-ring (bicyclic) bond motifs is 2. The first-order valence-electron chi connectivity index (χ1n) is 18.8. The summed E-state index contributed by atoms with van der Waals surface area (Å²) in [6.45, 7) is 2.80. The van der Waals surface area contributed by atoms with E-state index in [-0.39, 0.29) is 42.1 Å². The van der Waals surface area contributed by atoms with E-state index in [1.54, 1.807) is 28.9 Å². The van der Waals surface area contributed by atoms with Gasteiger partial charge in [-0.2, -0.15) is 5.10 Å². The van der Waals surface area contributed by atoms with Gasteiger partial charge in [-0.15, -0.1) is 10.2 Å². The van der Waals surface area contributed by atoms with Gasteiger partial charge in [0.2, 0.25) is 11.8 Å². The number of hydrogen-bond donors (Lipinski definition) is 4. The molecule has 14 nitrogen and oxygen atoms in total. The quantitative estimate of drug-likeness (QED) is 0.206. The molecule has 1 aliphatic carbocycles. The number of imide groups is 1. The molecule has 0 radical (unpaired) electrons. The summed E-state index contributed by atoms with van der Waals surface area (Å²) in [5.74, 6) is 1.80. The highest BCUT2D eigenvalue weighted by atomic mass is 16.5. The molecule has 4 atom stereocenters. The number of phenols is 1. The van der Waals surface area contributed by atoms with Crippen LogP contribution in [0.1, 0.15) is 56.4 Å². The third kappa shape index (κ3) is 6.03. The number of aromatic hydroxyl groups is 1. The Labute approximate surface area is 307 Å². The predicted octanol–water partition coefficient (Wildman–Crippen LogP) is 3.22. The minimum absolute atomic E-state index is 0.0294. The lowest BCUT2D eigenvalue weighted by Crippen LogP contribution is -2.72. The summed E-state index contributed by atoms with van der Waals surface area (Å²) in [6, 6.07) is 15.6. The van der Waals surface area contributed by atoms with E-state index in [2.05, 4.69) is 47.4 Å². The molecule has 0 bridgehead atoms. The fraction of sp³-hybridized carbons (Fsp3) is 0.462. The predicted molar refractivity (Wildman–Crippen MR) is 198 cm³/mol. The number of piperidine rings is 1. The molecule has 0 unspecified atom stereocenters.